The first kappa shape index (κ1) is 17.2. The van der Waals surface area contributed by atoms with Crippen LogP contribution >= 0.6 is 0 Å². The van der Waals surface area contributed by atoms with Crippen molar-refractivity contribution in [2.75, 3.05) is 27.7 Å². The maximum absolute atomic E-state index is 12.2. The van der Waals surface area contributed by atoms with E-state index >= 15 is 0 Å². The van der Waals surface area contributed by atoms with E-state index in [2.05, 4.69) is 20.5 Å². The Morgan fingerprint density at radius 3 is 2.83 bits per heavy atom. The van der Waals surface area contributed by atoms with Gasteiger partial charge in [-0.25, -0.2) is 0 Å². The number of likely N-dealkylation sites (N-methyl/N-ethyl adjacent to an activating group) is 1. The summed E-state index contributed by atoms with van der Waals surface area (Å²) in [4.78, 5) is 29.9. The number of aromatic nitrogens is 1. The highest BCUT2D eigenvalue weighted by molar-refractivity contribution is 5.92. The molecule has 2 heterocycles. The molecule has 126 valence electrons. The van der Waals surface area contributed by atoms with Crippen LogP contribution in [0.1, 0.15) is 29.8 Å². The normalized spacial score (nSPS) is 21.0. The molecule has 0 aromatic carbocycles. The van der Waals surface area contributed by atoms with E-state index in [9.17, 15) is 9.59 Å². The Morgan fingerprint density at radius 2 is 2.13 bits per heavy atom. The van der Waals surface area contributed by atoms with Crippen molar-refractivity contribution in [3.8, 4) is 5.75 Å². The van der Waals surface area contributed by atoms with Gasteiger partial charge < -0.3 is 15.4 Å². The summed E-state index contributed by atoms with van der Waals surface area (Å²) >= 11 is 0. The van der Waals surface area contributed by atoms with Gasteiger partial charge in [-0.3, -0.25) is 19.5 Å². The van der Waals surface area contributed by atoms with E-state index in [0.29, 0.717) is 24.4 Å². The minimum Gasteiger partial charge on any atom is -0.497 e. The SMILES string of the molecule is CNC(=O)C[C@H]1CC[C@@H](CNC(=O)c2cc(OC)ccn2)N1C. The third kappa shape index (κ3) is 4.41. The number of ether oxygens (including phenoxy) is 1. The molecule has 0 aliphatic carbocycles. The molecule has 23 heavy (non-hydrogen) atoms. The Labute approximate surface area is 136 Å². The second kappa shape index (κ2) is 7.92. The highest BCUT2D eigenvalue weighted by Gasteiger charge is 2.31. The first-order valence-electron chi connectivity index (χ1n) is 7.76. The maximum atomic E-state index is 12.2. The Kier molecular flexibility index (Phi) is 5.92. The molecule has 2 amide bonds. The lowest BCUT2D eigenvalue weighted by Gasteiger charge is -2.25. The molecule has 1 aliphatic heterocycles. The lowest BCUT2D eigenvalue weighted by Crippen LogP contribution is -2.42. The van der Waals surface area contributed by atoms with Crippen LogP contribution in [0.25, 0.3) is 0 Å². The Hall–Kier alpha value is -2.15. The van der Waals surface area contributed by atoms with E-state index in [0.717, 1.165) is 12.8 Å². The minimum absolute atomic E-state index is 0.0483. The van der Waals surface area contributed by atoms with Crippen molar-refractivity contribution in [3.05, 3.63) is 24.0 Å². The number of rotatable bonds is 6. The van der Waals surface area contributed by atoms with Gasteiger partial charge in [0.25, 0.3) is 5.91 Å². The Morgan fingerprint density at radius 1 is 1.39 bits per heavy atom. The number of pyridine rings is 1. The standard InChI is InChI=1S/C16H24N4O3/c1-17-15(21)8-11-4-5-12(20(11)2)10-19-16(22)14-9-13(23-3)6-7-18-14/h6-7,9,11-12H,4-5,8,10H2,1-3H3,(H,17,21)(H,19,22)/t11-,12+/m1/s1. The van der Waals surface area contributed by atoms with Crippen molar-refractivity contribution < 1.29 is 14.3 Å². The molecular formula is C16H24N4O3. The highest BCUT2D eigenvalue weighted by Crippen LogP contribution is 2.24. The number of nitrogens with zero attached hydrogens (tertiary/aromatic N) is 2. The summed E-state index contributed by atoms with van der Waals surface area (Å²) in [6.45, 7) is 0.540. The number of amides is 2. The highest BCUT2D eigenvalue weighted by atomic mass is 16.5. The lowest BCUT2D eigenvalue weighted by atomic mass is 10.1. The molecule has 7 nitrogen and oxygen atoms in total. The third-order valence-corrected chi connectivity index (χ3v) is 4.38. The van der Waals surface area contributed by atoms with E-state index in [-0.39, 0.29) is 23.9 Å². The molecule has 0 spiro atoms. The van der Waals surface area contributed by atoms with Gasteiger partial charge in [0.05, 0.1) is 7.11 Å². The average Bonchev–Trinajstić information content (AvgIpc) is 2.92. The van der Waals surface area contributed by atoms with Crippen molar-refractivity contribution in [2.24, 2.45) is 0 Å². The van der Waals surface area contributed by atoms with Gasteiger partial charge in [-0.15, -0.1) is 0 Å². The van der Waals surface area contributed by atoms with Gasteiger partial charge in [0.1, 0.15) is 11.4 Å². The molecule has 7 heteroatoms. The summed E-state index contributed by atoms with van der Waals surface area (Å²) < 4.78 is 5.10. The molecule has 0 unspecified atom stereocenters. The van der Waals surface area contributed by atoms with Crippen LogP contribution in [-0.2, 0) is 4.79 Å². The molecule has 0 radical (unpaired) electrons. The van der Waals surface area contributed by atoms with Crippen LogP contribution in [0, 0.1) is 0 Å². The largest absolute Gasteiger partial charge is 0.497 e. The smallest absolute Gasteiger partial charge is 0.270 e. The van der Waals surface area contributed by atoms with Crippen LogP contribution in [0.2, 0.25) is 0 Å². The fraction of sp³-hybridized carbons (Fsp3) is 0.562. The van der Waals surface area contributed by atoms with Crippen LogP contribution in [-0.4, -0.2) is 61.5 Å². The van der Waals surface area contributed by atoms with E-state index in [1.165, 1.54) is 0 Å². The van der Waals surface area contributed by atoms with Crippen molar-refractivity contribution in [2.45, 2.75) is 31.3 Å². The monoisotopic (exact) mass is 320 g/mol. The summed E-state index contributed by atoms with van der Waals surface area (Å²) in [7, 11) is 5.20. The Balaban J connectivity index is 1.86. The summed E-state index contributed by atoms with van der Waals surface area (Å²) in [5.74, 6) is 0.438. The molecule has 1 aromatic heterocycles. The topological polar surface area (TPSA) is 83.6 Å². The van der Waals surface area contributed by atoms with E-state index in [1.54, 1.807) is 32.5 Å². The molecule has 2 rings (SSSR count). The molecule has 2 N–H and O–H groups in total. The van der Waals surface area contributed by atoms with Crippen molar-refractivity contribution >= 4 is 11.8 Å². The number of carbonyl (C=O) groups is 2. The summed E-state index contributed by atoms with van der Waals surface area (Å²) in [6.07, 6.45) is 3.97. The van der Waals surface area contributed by atoms with Gasteiger partial charge in [-0.1, -0.05) is 0 Å². The fourth-order valence-electron chi connectivity index (χ4n) is 2.86. The second-order valence-corrected chi connectivity index (χ2v) is 5.72. The molecule has 1 aliphatic rings. The molecule has 0 saturated carbocycles. The molecule has 1 fully saturated rings. The van der Waals surface area contributed by atoms with Gasteiger partial charge in [0, 0.05) is 44.4 Å². The number of hydrogen-bond acceptors (Lipinski definition) is 5. The van der Waals surface area contributed by atoms with Crippen LogP contribution in [0.3, 0.4) is 0 Å². The summed E-state index contributed by atoms with van der Waals surface area (Å²) in [5.41, 5.74) is 0.340. The number of likely N-dealkylation sites (tertiary alicyclic amines) is 1. The number of carbonyl (C=O) groups excluding carboxylic acids is 2. The zero-order chi connectivity index (χ0) is 16.8. The molecule has 0 bridgehead atoms. The number of hydrogen-bond donors (Lipinski definition) is 2. The van der Waals surface area contributed by atoms with Crippen LogP contribution in [0.5, 0.6) is 5.75 Å². The predicted octanol–water partition coefficient (Wildman–Crippen LogP) is 0.419. The first-order chi connectivity index (χ1) is 11.0. The van der Waals surface area contributed by atoms with E-state index in [4.69, 9.17) is 4.74 Å². The molecule has 2 atom stereocenters. The molecule has 1 aromatic rings. The third-order valence-electron chi connectivity index (χ3n) is 4.38. The quantitative estimate of drug-likeness (QED) is 0.794. The molecule has 1 saturated heterocycles. The molecular weight excluding hydrogens is 296 g/mol. The lowest BCUT2D eigenvalue weighted by molar-refractivity contribution is -0.121. The fourth-order valence-corrected chi connectivity index (χ4v) is 2.86. The van der Waals surface area contributed by atoms with Gasteiger partial charge in [0.2, 0.25) is 5.91 Å². The van der Waals surface area contributed by atoms with Crippen LogP contribution < -0.4 is 15.4 Å². The van der Waals surface area contributed by atoms with Gasteiger partial charge in [0.15, 0.2) is 0 Å². The zero-order valence-corrected chi connectivity index (χ0v) is 13.8. The van der Waals surface area contributed by atoms with E-state index in [1.807, 2.05) is 7.05 Å². The predicted molar refractivity (Wildman–Crippen MR) is 86.4 cm³/mol. The zero-order valence-electron chi connectivity index (χ0n) is 13.8. The second-order valence-electron chi connectivity index (χ2n) is 5.72. The van der Waals surface area contributed by atoms with Gasteiger partial charge in [-0.05, 0) is 26.0 Å². The first-order valence-corrected chi connectivity index (χ1v) is 7.76. The van der Waals surface area contributed by atoms with Gasteiger partial charge in [-0.2, -0.15) is 0 Å². The maximum Gasteiger partial charge on any atom is 0.270 e. The van der Waals surface area contributed by atoms with Crippen molar-refractivity contribution in [1.82, 2.24) is 20.5 Å². The average molecular weight is 320 g/mol. The Bertz CT molecular complexity index is 564. The van der Waals surface area contributed by atoms with Crippen molar-refractivity contribution in [1.29, 1.82) is 0 Å². The van der Waals surface area contributed by atoms with E-state index < -0.39 is 0 Å². The van der Waals surface area contributed by atoms with Crippen LogP contribution in [0.4, 0.5) is 0 Å². The summed E-state index contributed by atoms with van der Waals surface area (Å²) in [6, 6.07) is 3.78. The minimum atomic E-state index is -0.216. The summed E-state index contributed by atoms with van der Waals surface area (Å²) in [5, 5.41) is 5.57. The number of methoxy groups -OCH3 is 1. The van der Waals surface area contributed by atoms with Crippen LogP contribution in [0.15, 0.2) is 18.3 Å². The number of nitrogens with one attached hydrogen (secondary N) is 2. The van der Waals surface area contributed by atoms with Crippen molar-refractivity contribution in [3.63, 3.8) is 0 Å². The van der Waals surface area contributed by atoms with Gasteiger partial charge >= 0.3 is 0 Å².